The van der Waals surface area contributed by atoms with Crippen LogP contribution in [-0.4, -0.2) is 10.9 Å². The number of carbonyl (C=O) groups excluding carboxylic acids is 1. The third kappa shape index (κ3) is 2.14. The van der Waals surface area contributed by atoms with Crippen molar-refractivity contribution in [2.45, 2.75) is 5.60 Å². The summed E-state index contributed by atoms with van der Waals surface area (Å²) in [4.78, 5) is 13.2. The standard InChI is InChI=1S/C28H18O2/c29-27-22-13-5-7-15-24(22)28(30,25-16-8-6-14-23(25)27)26-17-18-9-1-2-10-19(18)20-11-3-4-12-21(20)26/h1-17,30H. The molecule has 5 aromatic carbocycles. The fourth-order valence-electron chi connectivity index (χ4n) is 4.93. The summed E-state index contributed by atoms with van der Waals surface area (Å²) in [6.45, 7) is 0. The summed E-state index contributed by atoms with van der Waals surface area (Å²) in [5, 5.41) is 16.8. The van der Waals surface area contributed by atoms with Crippen LogP contribution in [0.3, 0.4) is 0 Å². The molecule has 2 heteroatoms. The lowest BCUT2D eigenvalue weighted by atomic mass is 9.69. The maximum atomic E-state index is 13.2. The normalized spacial score (nSPS) is 14.5. The van der Waals surface area contributed by atoms with Gasteiger partial charge >= 0.3 is 0 Å². The zero-order valence-corrected chi connectivity index (χ0v) is 16.2. The van der Waals surface area contributed by atoms with E-state index >= 15 is 0 Å². The van der Waals surface area contributed by atoms with Crippen LogP contribution in [0.2, 0.25) is 0 Å². The number of hydrogen-bond acceptors (Lipinski definition) is 2. The quantitative estimate of drug-likeness (QED) is 0.369. The molecule has 6 rings (SSSR count). The van der Waals surface area contributed by atoms with Crippen LogP contribution in [0.4, 0.5) is 0 Å². The maximum Gasteiger partial charge on any atom is 0.193 e. The van der Waals surface area contributed by atoms with E-state index in [4.69, 9.17) is 0 Å². The van der Waals surface area contributed by atoms with E-state index in [1.807, 2.05) is 72.8 Å². The molecule has 1 aliphatic rings. The van der Waals surface area contributed by atoms with Crippen molar-refractivity contribution in [1.82, 2.24) is 0 Å². The van der Waals surface area contributed by atoms with E-state index in [-0.39, 0.29) is 5.78 Å². The molecule has 0 radical (unpaired) electrons. The van der Waals surface area contributed by atoms with Crippen LogP contribution < -0.4 is 0 Å². The van der Waals surface area contributed by atoms with Gasteiger partial charge in [-0.15, -0.1) is 0 Å². The molecular formula is C28H18O2. The molecule has 0 amide bonds. The largest absolute Gasteiger partial charge is 0.376 e. The number of ketones is 1. The number of aliphatic hydroxyl groups is 1. The Morgan fingerprint density at radius 1 is 0.533 bits per heavy atom. The lowest BCUT2D eigenvalue weighted by Crippen LogP contribution is -2.36. The van der Waals surface area contributed by atoms with Gasteiger partial charge in [0.05, 0.1) is 0 Å². The molecule has 0 fully saturated rings. The van der Waals surface area contributed by atoms with Crippen molar-refractivity contribution < 1.29 is 9.90 Å². The first-order valence-electron chi connectivity index (χ1n) is 10.1. The van der Waals surface area contributed by atoms with Crippen LogP contribution in [0.1, 0.15) is 32.6 Å². The molecule has 0 spiro atoms. The topological polar surface area (TPSA) is 37.3 Å². The number of rotatable bonds is 1. The Kier molecular flexibility index (Phi) is 3.50. The predicted molar refractivity (Wildman–Crippen MR) is 120 cm³/mol. The van der Waals surface area contributed by atoms with Crippen LogP contribution in [0, 0.1) is 0 Å². The molecule has 0 atom stereocenters. The summed E-state index contributed by atoms with van der Waals surface area (Å²) in [6, 6.07) is 33.3. The second-order valence-corrected chi connectivity index (χ2v) is 7.82. The van der Waals surface area contributed by atoms with Gasteiger partial charge in [0.15, 0.2) is 5.78 Å². The van der Waals surface area contributed by atoms with Crippen molar-refractivity contribution in [3.63, 3.8) is 0 Å². The zero-order valence-electron chi connectivity index (χ0n) is 16.2. The predicted octanol–water partition coefficient (Wildman–Crippen LogP) is 5.82. The highest BCUT2D eigenvalue weighted by molar-refractivity contribution is 6.15. The molecular weight excluding hydrogens is 368 g/mol. The van der Waals surface area contributed by atoms with Gasteiger partial charge in [-0.3, -0.25) is 4.79 Å². The summed E-state index contributed by atoms with van der Waals surface area (Å²) in [5.74, 6) is -0.0454. The van der Waals surface area contributed by atoms with Gasteiger partial charge in [0.2, 0.25) is 0 Å². The summed E-state index contributed by atoms with van der Waals surface area (Å²) >= 11 is 0. The van der Waals surface area contributed by atoms with Gasteiger partial charge < -0.3 is 5.11 Å². The Labute approximate surface area is 174 Å². The van der Waals surface area contributed by atoms with Crippen LogP contribution in [0.25, 0.3) is 21.5 Å². The van der Waals surface area contributed by atoms with Crippen LogP contribution >= 0.6 is 0 Å². The smallest absolute Gasteiger partial charge is 0.193 e. The Morgan fingerprint density at radius 2 is 1.03 bits per heavy atom. The summed E-state index contributed by atoms with van der Waals surface area (Å²) < 4.78 is 0. The molecule has 1 aliphatic carbocycles. The average Bonchev–Trinajstić information content (AvgIpc) is 2.82. The summed E-state index contributed by atoms with van der Waals surface area (Å²) in [7, 11) is 0. The Bertz CT molecular complexity index is 1430. The molecule has 0 unspecified atom stereocenters. The molecule has 0 saturated heterocycles. The Hall–Kier alpha value is -3.75. The first-order valence-corrected chi connectivity index (χ1v) is 10.1. The Balaban J connectivity index is 1.82. The minimum atomic E-state index is -1.43. The fraction of sp³-hybridized carbons (Fsp3) is 0.0357. The van der Waals surface area contributed by atoms with Crippen LogP contribution in [0.5, 0.6) is 0 Å². The highest BCUT2D eigenvalue weighted by Crippen LogP contribution is 2.47. The molecule has 0 aromatic heterocycles. The average molecular weight is 386 g/mol. The third-order valence-electron chi connectivity index (χ3n) is 6.28. The zero-order chi connectivity index (χ0) is 20.3. The van der Waals surface area contributed by atoms with Gasteiger partial charge in [-0.05, 0) is 27.6 Å². The first kappa shape index (κ1) is 17.1. The van der Waals surface area contributed by atoms with Crippen molar-refractivity contribution in [3.8, 4) is 0 Å². The van der Waals surface area contributed by atoms with E-state index in [0.29, 0.717) is 22.3 Å². The van der Waals surface area contributed by atoms with E-state index in [0.717, 1.165) is 27.1 Å². The number of fused-ring (bicyclic) bond motifs is 5. The lowest BCUT2D eigenvalue weighted by molar-refractivity contribution is 0.0953. The van der Waals surface area contributed by atoms with E-state index in [9.17, 15) is 9.90 Å². The molecule has 1 N–H and O–H groups in total. The highest BCUT2D eigenvalue weighted by Gasteiger charge is 2.44. The van der Waals surface area contributed by atoms with E-state index in [2.05, 4.69) is 30.3 Å². The summed E-state index contributed by atoms with van der Waals surface area (Å²) in [5.41, 5.74) is 1.74. The molecule has 5 aromatic rings. The molecule has 30 heavy (non-hydrogen) atoms. The van der Waals surface area contributed by atoms with Crippen molar-refractivity contribution in [2.75, 3.05) is 0 Å². The SMILES string of the molecule is O=C1c2ccccc2C(O)(c2cc3ccccc3c3ccccc23)c2ccccc21. The molecule has 0 bridgehead atoms. The Morgan fingerprint density at radius 3 is 1.70 bits per heavy atom. The van der Waals surface area contributed by atoms with Gasteiger partial charge in [-0.1, -0.05) is 97.1 Å². The van der Waals surface area contributed by atoms with Crippen molar-refractivity contribution in [3.05, 3.63) is 131 Å². The number of carbonyl (C=O) groups is 1. The first-order chi connectivity index (χ1) is 14.7. The number of benzene rings is 5. The van der Waals surface area contributed by atoms with E-state index in [1.54, 1.807) is 0 Å². The highest BCUT2D eigenvalue weighted by atomic mass is 16.3. The third-order valence-corrected chi connectivity index (χ3v) is 6.28. The van der Waals surface area contributed by atoms with Gasteiger partial charge in [0.25, 0.3) is 0 Å². The molecule has 2 nitrogen and oxygen atoms in total. The van der Waals surface area contributed by atoms with Gasteiger partial charge in [0.1, 0.15) is 5.60 Å². The molecule has 0 saturated carbocycles. The van der Waals surface area contributed by atoms with E-state index in [1.165, 1.54) is 0 Å². The minimum Gasteiger partial charge on any atom is -0.376 e. The van der Waals surface area contributed by atoms with Gasteiger partial charge in [0, 0.05) is 27.8 Å². The van der Waals surface area contributed by atoms with E-state index < -0.39 is 5.60 Å². The monoisotopic (exact) mass is 386 g/mol. The second-order valence-electron chi connectivity index (χ2n) is 7.82. The van der Waals surface area contributed by atoms with Crippen LogP contribution in [-0.2, 0) is 5.60 Å². The molecule has 0 aliphatic heterocycles. The van der Waals surface area contributed by atoms with Crippen molar-refractivity contribution >= 4 is 27.3 Å². The maximum absolute atomic E-state index is 13.2. The van der Waals surface area contributed by atoms with Crippen molar-refractivity contribution in [1.29, 1.82) is 0 Å². The minimum absolute atomic E-state index is 0.0454. The molecule has 0 heterocycles. The number of hydrogen-bond donors (Lipinski definition) is 1. The van der Waals surface area contributed by atoms with Gasteiger partial charge in [-0.25, -0.2) is 0 Å². The second kappa shape index (κ2) is 6.12. The van der Waals surface area contributed by atoms with Gasteiger partial charge in [-0.2, -0.15) is 0 Å². The molecule has 142 valence electrons. The summed E-state index contributed by atoms with van der Waals surface area (Å²) in [6.07, 6.45) is 0. The van der Waals surface area contributed by atoms with Crippen LogP contribution in [0.15, 0.2) is 103 Å². The lowest BCUT2D eigenvalue weighted by Gasteiger charge is -2.37. The fourth-order valence-corrected chi connectivity index (χ4v) is 4.93. The van der Waals surface area contributed by atoms with Crippen molar-refractivity contribution in [2.24, 2.45) is 0 Å².